The van der Waals surface area contributed by atoms with E-state index in [9.17, 15) is 9.90 Å². The van der Waals surface area contributed by atoms with E-state index in [2.05, 4.69) is 40.7 Å². The molecule has 1 heterocycles. The first kappa shape index (κ1) is 19.0. The average molecular weight is 399 g/mol. The Hall–Kier alpha value is -0.670. The fourth-order valence-electron chi connectivity index (χ4n) is 10.3. The summed E-state index contributed by atoms with van der Waals surface area (Å²) in [5.41, 5.74) is 1.77. The Bertz CT molecular complexity index is 802. The van der Waals surface area contributed by atoms with Crippen molar-refractivity contribution in [1.29, 1.82) is 0 Å². The van der Waals surface area contributed by atoms with Crippen molar-refractivity contribution in [2.45, 2.75) is 85.0 Å². The second-order valence-corrected chi connectivity index (χ2v) is 12.3. The lowest BCUT2D eigenvalue weighted by atomic mass is 9.45. The zero-order valence-corrected chi connectivity index (χ0v) is 18.8. The SMILES string of the molecule is C[C@H]1[C@H]2C3=CC(=O)CC[C@]3(C)C3CC[C@@]4(C)C(C3[C@@H]12)[C@H](C)[C@H](C)[C@@]41CCC(O)O1. The number of hydrogen-bond acceptors (Lipinski definition) is 3. The Morgan fingerprint density at radius 1 is 1.03 bits per heavy atom. The zero-order chi connectivity index (χ0) is 20.5. The van der Waals surface area contributed by atoms with Crippen LogP contribution in [0.25, 0.3) is 0 Å². The van der Waals surface area contributed by atoms with Gasteiger partial charge in [0, 0.05) is 18.3 Å². The molecular formula is C26H38O3. The van der Waals surface area contributed by atoms with Gasteiger partial charge >= 0.3 is 0 Å². The van der Waals surface area contributed by atoms with E-state index in [4.69, 9.17) is 4.74 Å². The summed E-state index contributed by atoms with van der Waals surface area (Å²) in [6, 6.07) is 0. The molecule has 0 amide bonds. The Kier molecular flexibility index (Phi) is 3.66. The molecule has 160 valence electrons. The number of hydrogen-bond donors (Lipinski definition) is 1. The highest BCUT2D eigenvalue weighted by atomic mass is 16.6. The molecule has 0 aromatic carbocycles. The van der Waals surface area contributed by atoms with Crippen molar-refractivity contribution in [3.8, 4) is 0 Å². The third-order valence-electron chi connectivity index (χ3n) is 11.7. The minimum atomic E-state index is -0.576. The van der Waals surface area contributed by atoms with Gasteiger partial charge in [-0.15, -0.1) is 0 Å². The zero-order valence-electron chi connectivity index (χ0n) is 18.8. The summed E-state index contributed by atoms with van der Waals surface area (Å²) >= 11 is 0. The van der Waals surface area contributed by atoms with Crippen LogP contribution < -0.4 is 0 Å². The van der Waals surface area contributed by atoms with E-state index in [0.29, 0.717) is 35.4 Å². The summed E-state index contributed by atoms with van der Waals surface area (Å²) in [5.74, 6) is 5.75. The maximum Gasteiger partial charge on any atom is 0.155 e. The van der Waals surface area contributed by atoms with Gasteiger partial charge < -0.3 is 9.84 Å². The van der Waals surface area contributed by atoms with Crippen LogP contribution in [0.2, 0.25) is 0 Å². The first-order valence-electron chi connectivity index (χ1n) is 12.3. The van der Waals surface area contributed by atoms with Crippen LogP contribution in [-0.4, -0.2) is 22.8 Å². The van der Waals surface area contributed by atoms with Gasteiger partial charge in [-0.3, -0.25) is 4.79 Å². The molecule has 3 nitrogen and oxygen atoms in total. The lowest BCUT2D eigenvalue weighted by molar-refractivity contribution is -0.207. The molecule has 1 aliphatic heterocycles. The molecule has 29 heavy (non-hydrogen) atoms. The van der Waals surface area contributed by atoms with Crippen LogP contribution in [0.5, 0.6) is 0 Å². The van der Waals surface area contributed by atoms with E-state index in [1.807, 2.05) is 0 Å². The van der Waals surface area contributed by atoms with Crippen molar-refractivity contribution >= 4 is 5.78 Å². The number of fused-ring (bicyclic) bond motifs is 9. The monoisotopic (exact) mass is 398 g/mol. The topological polar surface area (TPSA) is 46.5 Å². The predicted molar refractivity (Wildman–Crippen MR) is 112 cm³/mol. The van der Waals surface area contributed by atoms with E-state index in [0.717, 1.165) is 43.4 Å². The van der Waals surface area contributed by atoms with E-state index in [1.165, 1.54) is 18.4 Å². The Morgan fingerprint density at radius 3 is 2.48 bits per heavy atom. The third-order valence-corrected chi connectivity index (χ3v) is 11.7. The van der Waals surface area contributed by atoms with Crippen LogP contribution in [-0.2, 0) is 9.53 Å². The fraction of sp³-hybridized carbons (Fsp3) is 0.885. The molecule has 3 heteroatoms. The van der Waals surface area contributed by atoms with E-state index >= 15 is 0 Å². The average Bonchev–Trinajstić information content (AvgIpc) is 3.10. The second-order valence-electron chi connectivity index (χ2n) is 12.3. The van der Waals surface area contributed by atoms with Crippen molar-refractivity contribution in [3.63, 3.8) is 0 Å². The van der Waals surface area contributed by atoms with Crippen molar-refractivity contribution < 1.29 is 14.6 Å². The molecule has 4 unspecified atom stereocenters. The molecule has 6 rings (SSSR count). The minimum Gasteiger partial charge on any atom is -0.368 e. The van der Waals surface area contributed by atoms with Crippen molar-refractivity contribution in [2.24, 2.45) is 58.2 Å². The fourth-order valence-corrected chi connectivity index (χ4v) is 10.3. The first-order valence-corrected chi connectivity index (χ1v) is 12.3. The molecule has 5 fully saturated rings. The maximum atomic E-state index is 12.3. The predicted octanol–water partition coefficient (Wildman–Crippen LogP) is 4.98. The normalized spacial score (nSPS) is 62.9. The molecule has 0 radical (unpaired) electrons. The number of aliphatic hydroxyl groups excluding tert-OH is 1. The highest BCUT2D eigenvalue weighted by Gasteiger charge is 2.76. The van der Waals surface area contributed by atoms with Crippen LogP contribution in [0.15, 0.2) is 11.6 Å². The Balaban J connectivity index is 1.46. The molecule has 6 aliphatic rings. The van der Waals surface area contributed by atoms with Gasteiger partial charge in [0.15, 0.2) is 12.1 Å². The van der Waals surface area contributed by atoms with Crippen molar-refractivity contribution in [1.82, 2.24) is 0 Å². The molecule has 1 N–H and O–H groups in total. The molecule has 4 saturated carbocycles. The van der Waals surface area contributed by atoms with Gasteiger partial charge in [0.25, 0.3) is 0 Å². The van der Waals surface area contributed by atoms with Crippen LogP contribution in [0.1, 0.15) is 73.1 Å². The summed E-state index contributed by atoms with van der Waals surface area (Å²) in [6.07, 6.45) is 7.58. The molecule has 1 saturated heterocycles. The smallest absolute Gasteiger partial charge is 0.155 e. The van der Waals surface area contributed by atoms with Crippen LogP contribution in [0.3, 0.4) is 0 Å². The molecule has 5 aliphatic carbocycles. The highest BCUT2D eigenvalue weighted by molar-refractivity contribution is 5.92. The van der Waals surface area contributed by atoms with E-state index in [1.54, 1.807) is 0 Å². The number of aliphatic hydroxyl groups is 1. The summed E-state index contributed by atoms with van der Waals surface area (Å²) in [6.45, 7) is 12.4. The van der Waals surface area contributed by atoms with Crippen molar-refractivity contribution in [3.05, 3.63) is 11.6 Å². The molecule has 1 spiro atoms. The summed E-state index contributed by atoms with van der Waals surface area (Å²) in [5, 5.41) is 10.4. The molecule has 0 bridgehead atoms. The van der Waals surface area contributed by atoms with Gasteiger partial charge in [-0.05, 0) is 84.5 Å². The standard InChI is InChI=1S/C26H38O3/c1-13-15(3)26(11-8-19(28)29-26)25(5)10-7-17-22(23(13)25)21-14(2)20(21)18-12-16(27)6-9-24(17,18)4/h12-15,17,19-23,28H,6-11H2,1-5H3/t13-,14+,15+,17?,19?,20+,21+,22?,23?,24-,25+,26+/m1/s1. The number of carbonyl (C=O) groups excluding carboxylic acids is 1. The van der Waals surface area contributed by atoms with Gasteiger partial charge in [0.1, 0.15) is 0 Å². The van der Waals surface area contributed by atoms with Gasteiger partial charge in [0.2, 0.25) is 0 Å². The highest BCUT2D eigenvalue weighted by Crippen LogP contribution is 2.78. The number of allylic oxidation sites excluding steroid dienone is 1. The molecule has 0 aromatic rings. The van der Waals surface area contributed by atoms with E-state index < -0.39 is 6.29 Å². The number of ketones is 1. The minimum absolute atomic E-state index is 0.144. The number of ether oxygens (including phenoxy) is 1. The van der Waals surface area contributed by atoms with Gasteiger partial charge in [-0.2, -0.15) is 0 Å². The van der Waals surface area contributed by atoms with Gasteiger partial charge in [-0.1, -0.05) is 40.2 Å². The van der Waals surface area contributed by atoms with Crippen molar-refractivity contribution in [2.75, 3.05) is 0 Å². The maximum absolute atomic E-state index is 12.3. The lowest BCUT2D eigenvalue weighted by Crippen LogP contribution is -2.56. The quantitative estimate of drug-likeness (QED) is 0.626. The largest absolute Gasteiger partial charge is 0.368 e. The molecular weight excluding hydrogens is 360 g/mol. The van der Waals surface area contributed by atoms with Crippen LogP contribution in [0.4, 0.5) is 0 Å². The van der Waals surface area contributed by atoms with E-state index in [-0.39, 0.29) is 16.4 Å². The number of rotatable bonds is 0. The van der Waals surface area contributed by atoms with Gasteiger partial charge in [0.05, 0.1) is 5.60 Å². The molecule has 12 atom stereocenters. The lowest BCUT2D eigenvalue weighted by Gasteiger charge is -2.59. The summed E-state index contributed by atoms with van der Waals surface area (Å²) in [4.78, 5) is 12.3. The second kappa shape index (κ2) is 5.57. The third kappa shape index (κ3) is 2.01. The van der Waals surface area contributed by atoms with Crippen LogP contribution >= 0.6 is 0 Å². The first-order chi connectivity index (χ1) is 13.7. The summed E-state index contributed by atoms with van der Waals surface area (Å²) in [7, 11) is 0. The van der Waals surface area contributed by atoms with Crippen LogP contribution in [0, 0.1) is 58.2 Å². The number of carbonyl (C=O) groups is 1. The molecule has 0 aromatic heterocycles. The van der Waals surface area contributed by atoms with Gasteiger partial charge in [-0.25, -0.2) is 0 Å². The Labute approximate surface area is 175 Å². The summed E-state index contributed by atoms with van der Waals surface area (Å²) < 4.78 is 6.47. The Morgan fingerprint density at radius 2 is 1.79 bits per heavy atom.